The van der Waals surface area contributed by atoms with Crippen molar-refractivity contribution in [1.82, 2.24) is 9.97 Å². The highest BCUT2D eigenvalue weighted by molar-refractivity contribution is 5.82. The Kier molecular flexibility index (Phi) is 2.37. The summed E-state index contributed by atoms with van der Waals surface area (Å²) in [4.78, 5) is 18.9. The van der Waals surface area contributed by atoms with Crippen molar-refractivity contribution < 1.29 is 9.15 Å². The summed E-state index contributed by atoms with van der Waals surface area (Å²) in [7, 11) is 1.58. The topological polar surface area (TPSA) is 68.1 Å². The van der Waals surface area contributed by atoms with Crippen molar-refractivity contribution in [2.75, 3.05) is 7.11 Å². The van der Waals surface area contributed by atoms with E-state index >= 15 is 0 Å². The van der Waals surface area contributed by atoms with Crippen LogP contribution in [-0.4, -0.2) is 17.1 Å². The van der Waals surface area contributed by atoms with E-state index in [1.165, 1.54) is 12.5 Å². The fourth-order valence-corrected chi connectivity index (χ4v) is 1.84. The van der Waals surface area contributed by atoms with Gasteiger partial charge in [-0.05, 0) is 12.1 Å². The lowest BCUT2D eigenvalue weighted by Crippen LogP contribution is -2.02. The quantitative estimate of drug-likeness (QED) is 0.747. The standard InChI is InChI=1S/C13H10N2O3/c1-17-8-2-3-9-10(4-8)15-11(5-12(9)16)13-6-14-7-18-13/h2-7H,1H3,(H,15,16). The molecule has 90 valence electrons. The minimum absolute atomic E-state index is 0.0715. The van der Waals surface area contributed by atoms with E-state index in [1.807, 2.05) is 0 Å². The Labute approximate surface area is 102 Å². The number of pyridine rings is 1. The van der Waals surface area contributed by atoms with E-state index in [0.29, 0.717) is 28.1 Å². The minimum atomic E-state index is -0.0715. The van der Waals surface area contributed by atoms with Crippen LogP contribution in [0.3, 0.4) is 0 Å². The number of ether oxygens (including phenoxy) is 1. The van der Waals surface area contributed by atoms with Gasteiger partial charge in [0.1, 0.15) is 5.75 Å². The molecule has 0 amide bonds. The van der Waals surface area contributed by atoms with E-state index in [0.717, 1.165) is 0 Å². The number of methoxy groups -OCH3 is 1. The summed E-state index contributed by atoms with van der Waals surface area (Å²) >= 11 is 0. The van der Waals surface area contributed by atoms with Gasteiger partial charge >= 0.3 is 0 Å². The van der Waals surface area contributed by atoms with Crippen molar-refractivity contribution in [1.29, 1.82) is 0 Å². The van der Waals surface area contributed by atoms with Gasteiger partial charge in [0.25, 0.3) is 0 Å². The molecule has 5 nitrogen and oxygen atoms in total. The van der Waals surface area contributed by atoms with Crippen molar-refractivity contribution in [2.45, 2.75) is 0 Å². The molecule has 3 rings (SSSR count). The molecule has 0 fully saturated rings. The summed E-state index contributed by atoms with van der Waals surface area (Å²) in [6.45, 7) is 0. The average Bonchev–Trinajstić information content (AvgIpc) is 2.91. The van der Waals surface area contributed by atoms with Crippen molar-refractivity contribution in [3.8, 4) is 17.2 Å². The first-order valence-electron chi connectivity index (χ1n) is 5.38. The molecule has 5 heteroatoms. The fourth-order valence-electron chi connectivity index (χ4n) is 1.84. The molecule has 0 unspecified atom stereocenters. The van der Waals surface area contributed by atoms with Crippen LogP contribution in [0.5, 0.6) is 5.75 Å². The molecular formula is C13H10N2O3. The summed E-state index contributed by atoms with van der Waals surface area (Å²) in [5.41, 5.74) is 1.23. The minimum Gasteiger partial charge on any atom is -0.497 e. The largest absolute Gasteiger partial charge is 0.497 e. The summed E-state index contributed by atoms with van der Waals surface area (Å²) in [6, 6.07) is 6.76. The number of aromatic nitrogens is 2. The zero-order valence-corrected chi connectivity index (χ0v) is 9.64. The molecular weight excluding hydrogens is 232 g/mol. The zero-order valence-electron chi connectivity index (χ0n) is 9.64. The lowest BCUT2D eigenvalue weighted by atomic mass is 10.1. The summed E-state index contributed by atoms with van der Waals surface area (Å²) in [5.74, 6) is 1.21. The number of nitrogens with one attached hydrogen (secondary N) is 1. The number of fused-ring (bicyclic) bond motifs is 1. The predicted molar refractivity (Wildman–Crippen MR) is 66.6 cm³/mol. The second-order valence-corrected chi connectivity index (χ2v) is 3.82. The van der Waals surface area contributed by atoms with E-state index in [-0.39, 0.29) is 5.43 Å². The lowest BCUT2D eigenvalue weighted by Gasteiger charge is -2.04. The Bertz CT molecular complexity index is 745. The number of benzene rings is 1. The molecule has 0 saturated heterocycles. The fraction of sp³-hybridized carbons (Fsp3) is 0.0769. The third-order valence-corrected chi connectivity index (χ3v) is 2.73. The molecule has 0 bridgehead atoms. The summed E-state index contributed by atoms with van der Waals surface area (Å²) < 4.78 is 10.3. The number of H-pyrrole nitrogens is 1. The molecule has 3 aromatic rings. The molecule has 0 saturated carbocycles. The number of hydrogen-bond donors (Lipinski definition) is 1. The van der Waals surface area contributed by atoms with Gasteiger partial charge in [-0.15, -0.1) is 0 Å². The van der Waals surface area contributed by atoms with Crippen LogP contribution in [0, 0.1) is 0 Å². The van der Waals surface area contributed by atoms with Crippen LogP contribution in [0.4, 0.5) is 0 Å². The average molecular weight is 242 g/mol. The van der Waals surface area contributed by atoms with Gasteiger partial charge < -0.3 is 14.1 Å². The van der Waals surface area contributed by atoms with Crippen LogP contribution in [0.15, 0.2) is 46.1 Å². The molecule has 0 aliphatic rings. The van der Waals surface area contributed by atoms with Gasteiger partial charge in [-0.3, -0.25) is 4.79 Å². The summed E-state index contributed by atoms with van der Waals surface area (Å²) in [5, 5.41) is 0.610. The predicted octanol–water partition coefficient (Wildman–Crippen LogP) is 2.19. The van der Waals surface area contributed by atoms with Crippen LogP contribution in [-0.2, 0) is 0 Å². The maximum absolute atomic E-state index is 12.0. The molecule has 2 aromatic heterocycles. The van der Waals surface area contributed by atoms with Crippen LogP contribution >= 0.6 is 0 Å². The van der Waals surface area contributed by atoms with Gasteiger partial charge in [0, 0.05) is 17.5 Å². The van der Waals surface area contributed by atoms with Crippen molar-refractivity contribution in [3.63, 3.8) is 0 Å². The molecule has 0 aliphatic carbocycles. The molecule has 0 aliphatic heterocycles. The van der Waals surface area contributed by atoms with Crippen LogP contribution in [0.2, 0.25) is 0 Å². The molecule has 2 heterocycles. The van der Waals surface area contributed by atoms with E-state index in [9.17, 15) is 4.79 Å². The first-order valence-corrected chi connectivity index (χ1v) is 5.38. The van der Waals surface area contributed by atoms with Crippen molar-refractivity contribution in [3.05, 3.63) is 47.1 Å². The van der Waals surface area contributed by atoms with Gasteiger partial charge in [-0.25, -0.2) is 4.98 Å². The van der Waals surface area contributed by atoms with Gasteiger partial charge in [0.15, 0.2) is 17.6 Å². The van der Waals surface area contributed by atoms with Gasteiger partial charge in [0.2, 0.25) is 0 Å². The maximum atomic E-state index is 12.0. The first-order chi connectivity index (χ1) is 8.78. The van der Waals surface area contributed by atoms with Crippen LogP contribution in [0.25, 0.3) is 22.4 Å². The molecule has 0 radical (unpaired) electrons. The number of hydrogen-bond acceptors (Lipinski definition) is 4. The highest BCUT2D eigenvalue weighted by atomic mass is 16.5. The Balaban J connectivity index is 2.28. The van der Waals surface area contributed by atoms with Crippen molar-refractivity contribution in [2.24, 2.45) is 0 Å². The van der Waals surface area contributed by atoms with Gasteiger partial charge in [0.05, 0.1) is 24.5 Å². The van der Waals surface area contributed by atoms with E-state index in [4.69, 9.17) is 9.15 Å². The highest BCUT2D eigenvalue weighted by Gasteiger charge is 2.07. The normalized spacial score (nSPS) is 10.7. The molecule has 1 aromatic carbocycles. The Morgan fingerprint density at radius 1 is 1.33 bits per heavy atom. The lowest BCUT2D eigenvalue weighted by molar-refractivity contribution is 0.415. The monoisotopic (exact) mass is 242 g/mol. The number of nitrogens with zero attached hydrogens (tertiary/aromatic N) is 1. The van der Waals surface area contributed by atoms with Gasteiger partial charge in [-0.1, -0.05) is 0 Å². The third kappa shape index (κ3) is 1.66. The Morgan fingerprint density at radius 3 is 2.94 bits per heavy atom. The van der Waals surface area contributed by atoms with E-state index in [1.54, 1.807) is 31.5 Å². The number of oxazole rings is 1. The summed E-state index contributed by atoms with van der Waals surface area (Å²) in [6.07, 6.45) is 2.88. The molecule has 18 heavy (non-hydrogen) atoms. The molecule has 1 N–H and O–H groups in total. The number of aromatic amines is 1. The smallest absolute Gasteiger partial charge is 0.190 e. The molecule has 0 spiro atoms. The van der Waals surface area contributed by atoms with Crippen LogP contribution < -0.4 is 10.2 Å². The molecule has 0 atom stereocenters. The zero-order chi connectivity index (χ0) is 12.5. The second-order valence-electron chi connectivity index (χ2n) is 3.82. The third-order valence-electron chi connectivity index (χ3n) is 2.73. The first kappa shape index (κ1) is 10.6. The van der Waals surface area contributed by atoms with Crippen LogP contribution in [0.1, 0.15) is 0 Å². The number of rotatable bonds is 2. The maximum Gasteiger partial charge on any atom is 0.190 e. The second kappa shape index (κ2) is 4.03. The van der Waals surface area contributed by atoms with E-state index in [2.05, 4.69) is 9.97 Å². The van der Waals surface area contributed by atoms with Gasteiger partial charge in [-0.2, -0.15) is 0 Å². The SMILES string of the molecule is COc1ccc2c(=O)cc(-c3cnco3)[nH]c2c1. The Hall–Kier alpha value is -2.56. The van der Waals surface area contributed by atoms with E-state index < -0.39 is 0 Å². The highest BCUT2D eigenvalue weighted by Crippen LogP contribution is 2.20. The Morgan fingerprint density at radius 2 is 2.22 bits per heavy atom. The van der Waals surface area contributed by atoms with Crippen molar-refractivity contribution >= 4 is 10.9 Å².